The van der Waals surface area contributed by atoms with Crippen LogP contribution in [0.15, 0.2) is 0 Å². The first kappa shape index (κ1) is 9.53. The summed E-state index contributed by atoms with van der Waals surface area (Å²) in [7, 11) is 0. The largest absolute Gasteiger partial charge is 0.313 e. The van der Waals surface area contributed by atoms with Gasteiger partial charge in [-0.1, -0.05) is 19.8 Å². The van der Waals surface area contributed by atoms with Crippen LogP contribution in [0.2, 0.25) is 0 Å². The van der Waals surface area contributed by atoms with Gasteiger partial charge < -0.3 is 0 Å². The Morgan fingerprint density at radius 3 is 2.40 bits per heavy atom. The molecule has 0 aromatic carbocycles. The molecule has 0 aromatic rings. The molecule has 0 aromatic heterocycles. The quantitative estimate of drug-likeness (QED) is 0.548. The fourth-order valence-corrected chi connectivity index (χ4v) is 0.648. The zero-order valence-electron chi connectivity index (χ0n) is 5.99. The van der Waals surface area contributed by atoms with Crippen LogP contribution in [0.4, 0.5) is 8.78 Å². The molecular formula is C7H11F2O. The Morgan fingerprint density at radius 2 is 2.00 bits per heavy atom. The van der Waals surface area contributed by atoms with Crippen LogP contribution in [0.25, 0.3) is 0 Å². The van der Waals surface area contributed by atoms with Gasteiger partial charge in [0.1, 0.15) is 0 Å². The van der Waals surface area contributed by atoms with E-state index in [0.29, 0.717) is 12.7 Å². The number of rotatable bonds is 5. The molecule has 0 saturated heterocycles. The minimum atomic E-state index is -3.21. The van der Waals surface area contributed by atoms with Crippen molar-refractivity contribution in [2.75, 3.05) is 0 Å². The van der Waals surface area contributed by atoms with Gasteiger partial charge in [0.15, 0.2) is 0 Å². The average molecular weight is 149 g/mol. The monoisotopic (exact) mass is 149 g/mol. The minimum Gasteiger partial charge on any atom is -0.284 e. The van der Waals surface area contributed by atoms with Crippen molar-refractivity contribution in [2.45, 2.75) is 38.5 Å². The van der Waals surface area contributed by atoms with E-state index >= 15 is 0 Å². The lowest BCUT2D eigenvalue weighted by atomic mass is 10.1. The number of hydrogen-bond acceptors (Lipinski definition) is 1. The topological polar surface area (TPSA) is 17.1 Å². The lowest BCUT2D eigenvalue weighted by Gasteiger charge is -2.05. The van der Waals surface area contributed by atoms with E-state index in [9.17, 15) is 13.6 Å². The smallest absolute Gasteiger partial charge is 0.284 e. The van der Waals surface area contributed by atoms with E-state index in [4.69, 9.17) is 0 Å². The van der Waals surface area contributed by atoms with Gasteiger partial charge in [0.2, 0.25) is 0 Å². The summed E-state index contributed by atoms with van der Waals surface area (Å²) in [5, 5.41) is 0. The molecule has 3 heteroatoms. The van der Waals surface area contributed by atoms with Crippen LogP contribution >= 0.6 is 0 Å². The van der Waals surface area contributed by atoms with Crippen LogP contribution in [0, 0.1) is 0 Å². The third-order valence-electron chi connectivity index (χ3n) is 1.24. The molecule has 0 heterocycles. The van der Waals surface area contributed by atoms with Crippen molar-refractivity contribution < 1.29 is 13.6 Å². The molecule has 0 saturated carbocycles. The number of carbonyl (C=O) groups excluding carboxylic acids is 1. The Balaban J connectivity index is 3.37. The molecule has 0 unspecified atom stereocenters. The zero-order chi connectivity index (χ0) is 8.04. The molecule has 10 heavy (non-hydrogen) atoms. The first-order valence-electron chi connectivity index (χ1n) is 3.39. The van der Waals surface area contributed by atoms with Crippen LogP contribution < -0.4 is 0 Å². The van der Waals surface area contributed by atoms with Crippen molar-refractivity contribution in [3.8, 4) is 0 Å². The fraction of sp³-hybridized carbons (Fsp3) is 0.857. The highest BCUT2D eigenvalue weighted by atomic mass is 19.3. The Hall–Kier alpha value is -0.470. The second kappa shape index (κ2) is 4.36. The van der Waals surface area contributed by atoms with Crippen molar-refractivity contribution >= 4 is 6.29 Å². The highest BCUT2D eigenvalue weighted by Gasteiger charge is 2.27. The summed E-state index contributed by atoms with van der Waals surface area (Å²) >= 11 is 0. The van der Waals surface area contributed by atoms with E-state index in [1.807, 2.05) is 6.92 Å². The van der Waals surface area contributed by atoms with Crippen molar-refractivity contribution in [2.24, 2.45) is 0 Å². The van der Waals surface area contributed by atoms with Gasteiger partial charge in [0, 0.05) is 6.42 Å². The van der Waals surface area contributed by atoms with Crippen LogP contribution in [-0.4, -0.2) is 12.2 Å². The van der Waals surface area contributed by atoms with Crippen LogP contribution in [-0.2, 0) is 4.79 Å². The maximum atomic E-state index is 12.1. The maximum Gasteiger partial charge on any atom is 0.313 e. The SMILES string of the molecule is CCCCCC(F)(F)[C]=O. The summed E-state index contributed by atoms with van der Waals surface area (Å²) in [6, 6.07) is 0. The van der Waals surface area contributed by atoms with Crippen molar-refractivity contribution in [1.82, 2.24) is 0 Å². The standard InChI is InChI=1S/C7H11F2O/c1-2-3-4-5-7(8,9)6-10/h2-5H2,1H3. The van der Waals surface area contributed by atoms with E-state index in [-0.39, 0.29) is 6.42 Å². The number of hydrogen-bond donors (Lipinski definition) is 0. The summed E-state index contributed by atoms with van der Waals surface area (Å²) in [4.78, 5) is 9.55. The normalized spacial score (nSPS) is 11.5. The number of unbranched alkanes of at least 4 members (excludes halogenated alkanes) is 2. The van der Waals surface area contributed by atoms with Crippen LogP contribution in [0.3, 0.4) is 0 Å². The van der Waals surface area contributed by atoms with E-state index in [1.54, 1.807) is 0 Å². The Labute approximate surface area is 59.4 Å². The van der Waals surface area contributed by atoms with E-state index in [0.717, 1.165) is 12.8 Å². The number of halogens is 2. The minimum absolute atomic E-state index is 0.357. The van der Waals surface area contributed by atoms with Gasteiger partial charge in [0.25, 0.3) is 6.29 Å². The maximum absolute atomic E-state index is 12.1. The summed E-state index contributed by atoms with van der Waals surface area (Å²) in [6.07, 6.45) is 2.39. The molecule has 59 valence electrons. The first-order valence-corrected chi connectivity index (χ1v) is 3.39. The lowest BCUT2D eigenvalue weighted by molar-refractivity contribution is 0.0618. The molecule has 1 nitrogen and oxygen atoms in total. The third-order valence-corrected chi connectivity index (χ3v) is 1.24. The van der Waals surface area contributed by atoms with E-state index < -0.39 is 5.92 Å². The van der Waals surface area contributed by atoms with Crippen LogP contribution in [0.5, 0.6) is 0 Å². The molecule has 0 N–H and O–H groups in total. The second-order valence-electron chi connectivity index (χ2n) is 2.26. The predicted molar refractivity (Wildman–Crippen MR) is 34.8 cm³/mol. The van der Waals surface area contributed by atoms with Crippen molar-refractivity contribution in [3.63, 3.8) is 0 Å². The Bertz CT molecular complexity index is 102. The van der Waals surface area contributed by atoms with Crippen molar-refractivity contribution in [1.29, 1.82) is 0 Å². The third kappa shape index (κ3) is 4.41. The van der Waals surface area contributed by atoms with Gasteiger partial charge in [-0.2, -0.15) is 8.78 Å². The Kier molecular flexibility index (Phi) is 4.16. The van der Waals surface area contributed by atoms with Crippen LogP contribution in [0.1, 0.15) is 32.6 Å². The van der Waals surface area contributed by atoms with Crippen molar-refractivity contribution in [3.05, 3.63) is 0 Å². The highest BCUT2D eigenvalue weighted by molar-refractivity contribution is 5.60. The van der Waals surface area contributed by atoms with Gasteiger partial charge >= 0.3 is 5.92 Å². The molecule has 0 bridgehead atoms. The molecule has 0 spiro atoms. The van der Waals surface area contributed by atoms with Gasteiger partial charge in [-0.25, -0.2) is 0 Å². The molecule has 1 radical (unpaired) electrons. The predicted octanol–water partition coefficient (Wildman–Crippen LogP) is 2.31. The fourth-order valence-electron chi connectivity index (χ4n) is 0.648. The first-order chi connectivity index (χ1) is 4.62. The highest BCUT2D eigenvalue weighted by Crippen LogP contribution is 2.18. The average Bonchev–Trinajstić information content (AvgIpc) is 1.89. The molecule has 0 aliphatic carbocycles. The summed E-state index contributed by atoms with van der Waals surface area (Å²) in [6.45, 7) is 1.92. The van der Waals surface area contributed by atoms with Gasteiger partial charge in [-0.3, -0.25) is 4.79 Å². The molecule has 0 amide bonds. The molecule has 0 atom stereocenters. The van der Waals surface area contributed by atoms with Gasteiger partial charge in [-0.15, -0.1) is 0 Å². The molecule has 0 fully saturated rings. The van der Waals surface area contributed by atoms with Gasteiger partial charge in [0.05, 0.1) is 0 Å². The zero-order valence-corrected chi connectivity index (χ0v) is 5.99. The van der Waals surface area contributed by atoms with E-state index in [2.05, 4.69) is 0 Å². The molecular weight excluding hydrogens is 138 g/mol. The number of alkyl halides is 2. The van der Waals surface area contributed by atoms with E-state index in [1.165, 1.54) is 0 Å². The summed E-state index contributed by atoms with van der Waals surface area (Å²) in [5.74, 6) is -3.21. The molecule has 0 rings (SSSR count). The summed E-state index contributed by atoms with van der Waals surface area (Å²) in [5.41, 5.74) is 0. The second-order valence-corrected chi connectivity index (χ2v) is 2.26. The lowest BCUT2D eigenvalue weighted by Crippen LogP contribution is -2.16. The Morgan fingerprint density at radius 1 is 1.40 bits per heavy atom. The molecule has 0 aliphatic heterocycles. The molecule has 0 aliphatic rings. The summed E-state index contributed by atoms with van der Waals surface area (Å²) < 4.78 is 24.1. The van der Waals surface area contributed by atoms with Gasteiger partial charge in [-0.05, 0) is 6.42 Å².